The second-order valence-electron chi connectivity index (χ2n) is 15.1. The lowest BCUT2D eigenvalue weighted by Gasteiger charge is -2.71. The molecule has 0 aromatic heterocycles. The molecule has 0 amide bonds. The third-order valence-corrected chi connectivity index (χ3v) is 12.1. The van der Waals surface area contributed by atoms with E-state index in [1.165, 1.54) is 0 Å². The van der Waals surface area contributed by atoms with E-state index in [0.717, 1.165) is 25.7 Å². The lowest BCUT2D eigenvalue weighted by atomic mass is 9.34. The molecule has 0 radical (unpaired) electrons. The molecule has 11 atom stereocenters. The normalized spacial score (nSPS) is 51.4. The van der Waals surface area contributed by atoms with E-state index in [1.807, 2.05) is 13.0 Å². The molecule has 0 heterocycles. The first-order chi connectivity index (χ1) is 15.8. The van der Waals surface area contributed by atoms with Crippen molar-refractivity contribution in [3.63, 3.8) is 0 Å². The number of aliphatic hydroxyl groups excluding tert-OH is 3. The summed E-state index contributed by atoms with van der Waals surface area (Å²) in [6.07, 6.45) is 7.40. The molecule has 4 saturated carbocycles. The van der Waals surface area contributed by atoms with Crippen LogP contribution in [0.4, 0.5) is 0 Å². The Kier molecular flexibility index (Phi) is 6.51. The van der Waals surface area contributed by atoms with E-state index in [1.54, 1.807) is 19.9 Å². The molecular formula is C30H52O5. The highest BCUT2D eigenvalue weighted by Crippen LogP contribution is 2.75. The first kappa shape index (κ1) is 27.6. The molecule has 35 heavy (non-hydrogen) atoms. The van der Waals surface area contributed by atoms with Crippen molar-refractivity contribution < 1.29 is 25.5 Å². The molecule has 5 N–H and O–H groups in total. The minimum absolute atomic E-state index is 0.00328. The maximum Gasteiger partial charge on any atom is 0.0771 e. The molecule has 4 aliphatic carbocycles. The predicted octanol–water partition coefficient (Wildman–Crippen LogP) is 4.44. The molecule has 5 nitrogen and oxygen atoms in total. The molecule has 202 valence electrons. The van der Waals surface area contributed by atoms with Gasteiger partial charge < -0.3 is 25.5 Å². The van der Waals surface area contributed by atoms with Gasteiger partial charge in [0.05, 0.1) is 29.5 Å². The number of hydrogen-bond acceptors (Lipinski definition) is 5. The summed E-state index contributed by atoms with van der Waals surface area (Å²) < 4.78 is 0. The van der Waals surface area contributed by atoms with E-state index in [-0.39, 0.29) is 45.3 Å². The second-order valence-corrected chi connectivity index (χ2v) is 15.1. The van der Waals surface area contributed by atoms with Crippen LogP contribution in [-0.4, -0.2) is 55.0 Å². The van der Waals surface area contributed by atoms with Gasteiger partial charge in [-0.1, -0.05) is 46.8 Å². The van der Waals surface area contributed by atoms with Gasteiger partial charge >= 0.3 is 0 Å². The molecule has 0 saturated heterocycles. The van der Waals surface area contributed by atoms with E-state index in [0.29, 0.717) is 19.3 Å². The third kappa shape index (κ3) is 3.98. The topological polar surface area (TPSA) is 101 Å². The van der Waals surface area contributed by atoms with Gasteiger partial charge in [0, 0.05) is 0 Å². The van der Waals surface area contributed by atoms with Crippen LogP contribution in [0.25, 0.3) is 0 Å². The van der Waals surface area contributed by atoms with E-state index in [2.05, 4.69) is 34.6 Å². The van der Waals surface area contributed by atoms with E-state index >= 15 is 0 Å². The summed E-state index contributed by atoms with van der Waals surface area (Å²) in [6.45, 7) is 16.5. The van der Waals surface area contributed by atoms with Gasteiger partial charge in [0.25, 0.3) is 0 Å². The highest BCUT2D eigenvalue weighted by atomic mass is 16.3. The Morgan fingerprint density at radius 2 is 1.49 bits per heavy atom. The zero-order chi connectivity index (χ0) is 26.4. The average molecular weight is 493 g/mol. The van der Waals surface area contributed by atoms with Crippen molar-refractivity contribution in [3.05, 3.63) is 12.2 Å². The summed E-state index contributed by atoms with van der Waals surface area (Å²) in [4.78, 5) is 0. The van der Waals surface area contributed by atoms with Crippen molar-refractivity contribution in [3.8, 4) is 0 Å². The van der Waals surface area contributed by atoms with Crippen molar-refractivity contribution in [2.75, 3.05) is 0 Å². The van der Waals surface area contributed by atoms with Crippen LogP contribution in [0.3, 0.4) is 0 Å². The highest BCUT2D eigenvalue weighted by Gasteiger charge is 2.72. The van der Waals surface area contributed by atoms with Crippen molar-refractivity contribution in [1.82, 2.24) is 0 Å². The summed E-state index contributed by atoms with van der Waals surface area (Å²) in [6, 6.07) is 0. The number of rotatable bonds is 4. The summed E-state index contributed by atoms with van der Waals surface area (Å²) in [5.74, 6) is 0.171. The average Bonchev–Trinajstić information content (AvgIpc) is 3.07. The van der Waals surface area contributed by atoms with Gasteiger partial charge in [0.1, 0.15) is 0 Å². The molecule has 0 aromatic carbocycles. The first-order valence-electron chi connectivity index (χ1n) is 14.0. The monoisotopic (exact) mass is 492 g/mol. The van der Waals surface area contributed by atoms with Gasteiger partial charge in [-0.25, -0.2) is 0 Å². The van der Waals surface area contributed by atoms with Crippen LogP contribution in [0, 0.1) is 45.3 Å². The van der Waals surface area contributed by atoms with Crippen LogP contribution in [0.5, 0.6) is 0 Å². The highest BCUT2D eigenvalue weighted by molar-refractivity contribution is 5.21. The standard InChI is InChI=1S/C30H52O5/c1-25(2,34)12-9-13-30(8,35)18-10-15-28(6)23(18)19(31)16-21-27(5)14-11-22(33)26(3,4)24(27)20(32)17-29(21,28)7/h9,12,18-24,31-35H,10-11,13-17H2,1-8H3/b12-9+/t18-,19+,20-,21+,22+,23-,24+,27-,28+,29+,30-/m0/s1. The molecule has 4 aliphatic rings. The second kappa shape index (κ2) is 8.27. The van der Waals surface area contributed by atoms with Crippen LogP contribution >= 0.6 is 0 Å². The molecule has 0 spiro atoms. The minimum Gasteiger partial charge on any atom is -0.393 e. The molecule has 0 aromatic rings. The fourth-order valence-electron chi connectivity index (χ4n) is 10.4. The molecule has 0 aliphatic heterocycles. The van der Waals surface area contributed by atoms with E-state index in [9.17, 15) is 25.5 Å². The first-order valence-corrected chi connectivity index (χ1v) is 14.0. The van der Waals surface area contributed by atoms with Crippen LogP contribution in [0.2, 0.25) is 0 Å². The molecule has 0 bridgehead atoms. The lowest BCUT2D eigenvalue weighted by molar-refractivity contribution is -0.274. The van der Waals surface area contributed by atoms with Crippen molar-refractivity contribution in [2.45, 2.75) is 130 Å². The zero-order valence-corrected chi connectivity index (χ0v) is 23.4. The smallest absolute Gasteiger partial charge is 0.0771 e. The van der Waals surface area contributed by atoms with Gasteiger partial charge in [-0.3, -0.25) is 0 Å². The summed E-state index contributed by atoms with van der Waals surface area (Å²) in [5, 5.41) is 56.0. The Bertz CT molecular complexity index is 842. The van der Waals surface area contributed by atoms with Gasteiger partial charge in [0.15, 0.2) is 0 Å². The quantitative estimate of drug-likeness (QED) is 0.374. The maximum atomic E-state index is 11.8. The largest absolute Gasteiger partial charge is 0.393 e. The number of fused-ring (bicyclic) bond motifs is 5. The Labute approximate surface area is 213 Å². The Morgan fingerprint density at radius 3 is 2.09 bits per heavy atom. The van der Waals surface area contributed by atoms with Crippen molar-refractivity contribution in [2.24, 2.45) is 45.3 Å². The van der Waals surface area contributed by atoms with Crippen LogP contribution < -0.4 is 0 Å². The van der Waals surface area contributed by atoms with Gasteiger partial charge in [-0.15, -0.1) is 0 Å². The fourth-order valence-corrected chi connectivity index (χ4v) is 10.4. The van der Waals surface area contributed by atoms with Gasteiger partial charge in [-0.2, -0.15) is 0 Å². The maximum absolute atomic E-state index is 11.8. The predicted molar refractivity (Wildman–Crippen MR) is 138 cm³/mol. The molecule has 4 fully saturated rings. The van der Waals surface area contributed by atoms with Crippen molar-refractivity contribution >= 4 is 0 Å². The number of hydrogen-bond donors (Lipinski definition) is 5. The SMILES string of the molecule is CC(C)(O)/C=C/C[C@](C)(O)[C@H]1CC[C@]2(C)[C@@H]1[C@H](O)C[C@@H]1[C@]3(C)CC[C@@H](O)C(C)(C)[C@H]3[C@@H](O)C[C@]12C. The Morgan fingerprint density at radius 1 is 0.857 bits per heavy atom. The van der Waals surface area contributed by atoms with Crippen LogP contribution in [-0.2, 0) is 0 Å². The van der Waals surface area contributed by atoms with Gasteiger partial charge in [-0.05, 0) is 111 Å². The lowest BCUT2D eigenvalue weighted by Crippen LogP contribution is -2.69. The molecular weight excluding hydrogens is 440 g/mol. The van der Waals surface area contributed by atoms with Gasteiger partial charge in [0.2, 0.25) is 0 Å². The Hall–Kier alpha value is -0.460. The number of aliphatic hydroxyl groups is 5. The van der Waals surface area contributed by atoms with Crippen LogP contribution in [0.15, 0.2) is 12.2 Å². The zero-order valence-electron chi connectivity index (χ0n) is 23.4. The van der Waals surface area contributed by atoms with Crippen molar-refractivity contribution in [1.29, 1.82) is 0 Å². The van der Waals surface area contributed by atoms with E-state index in [4.69, 9.17) is 0 Å². The molecule has 5 heteroatoms. The molecule has 4 rings (SSSR count). The summed E-state index contributed by atoms with van der Waals surface area (Å²) in [5.41, 5.74) is -2.78. The minimum atomic E-state index is -0.981. The van der Waals surface area contributed by atoms with Crippen LogP contribution in [0.1, 0.15) is 100 Å². The summed E-state index contributed by atoms with van der Waals surface area (Å²) in [7, 11) is 0. The van der Waals surface area contributed by atoms with E-state index < -0.39 is 29.5 Å². The molecule has 0 unspecified atom stereocenters. The summed E-state index contributed by atoms with van der Waals surface area (Å²) >= 11 is 0. The Balaban J connectivity index is 1.69. The fraction of sp³-hybridized carbons (Fsp3) is 0.933. The third-order valence-electron chi connectivity index (χ3n) is 12.1.